The van der Waals surface area contributed by atoms with Crippen molar-refractivity contribution >= 4 is 11.6 Å². The van der Waals surface area contributed by atoms with Gasteiger partial charge in [-0.2, -0.15) is 0 Å². The second kappa shape index (κ2) is 6.39. The number of nitrogens with zero attached hydrogens (tertiary/aromatic N) is 3. The summed E-state index contributed by atoms with van der Waals surface area (Å²) in [6.07, 6.45) is 0. The van der Waals surface area contributed by atoms with Crippen LogP contribution in [0.1, 0.15) is 40.4 Å². The molecule has 20 heavy (non-hydrogen) atoms. The smallest absolute Gasteiger partial charge is 0.138 e. The van der Waals surface area contributed by atoms with Crippen molar-refractivity contribution in [3.63, 3.8) is 0 Å². The summed E-state index contributed by atoms with van der Waals surface area (Å²) in [4.78, 5) is 11.1. The summed E-state index contributed by atoms with van der Waals surface area (Å²) in [5.41, 5.74) is 5.80. The largest absolute Gasteiger partial charge is 0.384 e. The Balaban J connectivity index is 2.98. The maximum atomic E-state index is 5.91. The fourth-order valence-corrected chi connectivity index (χ4v) is 1.88. The molecule has 1 rings (SSSR count). The van der Waals surface area contributed by atoms with Crippen molar-refractivity contribution < 1.29 is 0 Å². The van der Waals surface area contributed by atoms with Crippen LogP contribution < -0.4 is 11.1 Å². The van der Waals surface area contributed by atoms with E-state index >= 15 is 0 Å². The van der Waals surface area contributed by atoms with Crippen molar-refractivity contribution in [1.29, 1.82) is 0 Å². The van der Waals surface area contributed by atoms with Crippen LogP contribution in [0.3, 0.4) is 0 Å². The molecule has 1 atom stereocenters. The normalized spacial score (nSPS) is 13.8. The fourth-order valence-electron chi connectivity index (χ4n) is 1.88. The Kier molecular flexibility index (Phi) is 5.34. The minimum atomic E-state index is -0.110. The number of aromatic nitrogens is 2. The maximum Gasteiger partial charge on any atom is 0.138 e. The third-order valence-corrected chi connectivity index (χ3v) is 3.12. The predicted octanol–water partition coefficient (Wildman–Crippen LogP) is 2.35. The molecule has 0 saturated heterocycles. The molecule has 0 aliphatic rings. The maximum absolute atomic E-state index is 5.91. The first kappa shape index (κ1) is 16.7. The summed E-state index contributed by atoms with van der Waals surface area (Å²) in [6, 6.07) is 2.13. The van der Waals surface area contributed by atoms with Gasteiger partial charge in [-0.25, -0.2) is 9.97 Å². The van der Waals surface area contributed by atoms with Crippen molar-refractivity contribution in [2.45, 2.75) is 46.1 Å². The average Bonchev–Trinajstić information content (AvgIpc) is 2.25. The van der Waals surface area contributed by atoms with Crippen molar-refractivity contribution in [3.05, 3.63) is 11.9 Å². The van der Waals surface area contributed by atoms with E-state index < -0.39 is 0 Å². The molecule has 1 aromatic heterocycles. The van der Waals surface area contributed by atoms with E-state index in [0.29, 0.717) is 17.8 Å². The van der Waals surface area contributed by atoms with Gasteiger partial charge >= 0.3 is 0 Å². The third kappa shape index (κ3) is 4.96. The summed E-state index contributed by atoms with van der Waals surface area (Å²) in [6.45, 7) is 11.6. The Bertz CT molecular complexity index is 434. The van der Waals surface area contributed by atoms with Crippen molar-refractivity contribution in [3.8, 4) is 0 Å². The zero-order valence-electron chi connectivity index (χ0n) is 13.9. The van der Waals surface area contributed by atoms with Gasteiger partial charge in [0.05, 0.1) is 0 Å². The van der Waals surface area contributed by atoms with E-state index in [-0.39, 0.29) is 5.41 Å². The number of rotatable bonds is 5. The average molecular weight is 279 g/mol. The van der Waals surface area contributed by atoms with Gasteiger partial charge in [-0.05, 0) is 20.0 Å². The highest BCUT2D eigenvalue weighted by atomic mass is 15.1. The molecule has 0 saturated carbocycles. The molecule has 0 amide bonds. The quantitative estimate of drug-likeness (QED) is 0.866. The van der Waals surface area contributed by atoms with Crippen LogP contribution >= 0.6 is 0 Å². The minimum Gasteiger partial charge on any atom is -0.384 e. The van der Waals surface area contributed by atoms with Crippen LogP contribution in [-0.4, -0.2) is 41.5 Å². The molecule has 5 heteroatoms. The first-order valence-electron chi connectivity index (χ1n) is 7.16. The second-order valence-electron chi connectivity index (χ2n) is 7.01. The van der Waals surface area contributed by atoms with Crippen LogP contribution in [0.15, 0.2) is 6.07 Å². The van der Waals surface area contributed by atoms with E-state index in [4.69, 9.17) is 5.73 Å². The van der Waals surface area contributed by atoms with E-state index in [1.54, 1.807) is 6.07 Å². The lowest BCUT2D eigenvalue weighted by atomic mass is 9.95. The third-order valence-electron chi connectivity index (χ3n) is 3.12. The van der Waals surface area contributed by atoms with E-state index in [0.717, 1.165) is 18.2 Å². The Labute approximate surface area is 123 Å². The van der Waals surface area contributed by atoms with Crippen LogP contribution in [-0.2, 0) is 5.41 Å². The molecule has 1 unspecified atom stereocenters. The Morgan fingerprint density at radius 3 is 2.30 bits per heavy atom. The summed E-state index contributed by atoms with van der Waals surface area (Å²) >= 11 is 0. The minimum absolute atomic E-state index is 0.110. The molecule has 0 fully saturated rings. The van der Waals surface area contributed by atoms with Gasteiger partial charge in [-0.3, -0.25) is 0 Å². The highest BCUT2D eigenvalue weighted by molar-refractivity contribution is 5.46. The lowest BCUT2D eigenvalue weighted by molar-refractivity contribution is 0.344. The number of anilines is 2. The zero-order valence-corrected chi connectivity index (χ0v) is 13.9. The van der Waals surface area contributed by atoms with Crippen LogP contribution in [0.25, 0.3) is 0 Å². The van der Waals surface area contributed by atoms with Gasteiger partial charge in [0, 0.05) is 24.1 Å². The van der Waals surface area contributed by atoms with E-state index in [9.17, 15) is 0 Å². The predicted molar refractivity (Wildman–Crippen MR) is 85.9 cm³/mol. The van der Waals surface area contributed by atoms with Gasteiger partial charge in [0.2, 0.25) is 0 Å². The van der Waals surface area contributed by atoms with Gasteiger partial charge in [-0.1, -0.05) is 34.6 Å². The molecule has 1 aromatic rings. The number of hydrogen-bond acceptors (Lipinski definition) is 5. The van der Waals surface area contributed by atoms with Crippen molar-refractivity contribution in [1.82, 2.24) is 14.9 Å². The zero-order chi connectivity index (χ0) is 15.5. The standard InChI is InChI=1S/C15H29N5/c1-10(2)11(9-20(6)7)17-13-8-12(16)18-14(19-13)15(3,4)5/h8,10-11H,9H2,1-7H3,(H3,16,17,18,19). The van der Waals surface area contributed by atoms with E-state index in [2.05, 4.69) is 68.9 Å². The topological polar surface area (TPSA) is 67.1 Å². The van der Waals surface area contributed by atoms with Crippen LogP contribution in [0.5, 0.6) is 0 Å². The van der Waals surface area contributed by atoms with E-state index in [1.807, 2.05) is 0 Å². The second-order valence-corrected chi connectivity index (χ2v) is 7.01. The Morgan fingerprint density at radius 2 is 1.85 bits per heavy atom. The molecular formula is C15H29N5. The van der Waals surface area contributed by atoms with Gasteiger partial charge in [0.1, 0.15) is 17.5 Å². The van der Waals surface area contributed by atoms with Crippen LogP contribution in [0, 0.1) is 5.92 Å². The molecule has 0 aliphatic heterocycles. The number of nitrogens with one attached hydrogen (secondary N) is 1. The highest BCUT2D eigenvalue weighted by Gasteiger charge is 2.20. The molecule has 3 N–H and O–H groups in total. The molecule has 1 heterocycles. The van der Waals surface area contributed by atoms with Gasteiger partial charge < -0.3 is 16.0 Å². The summed E-state index contributed by atoms with van der Waals surface area (Å²) in [5, 5.41) is 3.49. The number of nitrogen functional groups attached to an aromatic ring is 1. The number of likely N-dealkylation sites (N-methyl/N-ethyl adjacent to an activating group) is 1. The van der Waals surface area contributed by atoms with E-state index in [1.165, 1.54) is 0 Å². The fraction of sp³-hybridized carbons (Fsp3) is 0.733. The lowest BCUT2D eigenvalue weighted by Crippen LogP contribution is -2.37. The summed E-state index contributed by atoms with van der Waals surface area (Å²) < 4.78 is 0. The lowest BCUT2D eigenvalue weighted by Gasteiger charge is -2.27. The van der Waals surface area contributed by atoms with Gasteiger partial charge in [0.25, 0.3) is 0 Å². The van der Waals surface area contributed by atoms with Crippen molar-refractivity contribution in [2.24, 2.45) is 5.92 Å². The monoisotopic (exact) mass is 279 g/mol. The number of hydrogen-bond donors (Lipinski definition) is 2. The van der Waals surface area contributed by atoms with Gasteiger partial charge in [-0.15, -0.1) is 0 Å². The van der Waals surface area contributed by atoms with Crippen molar-refractivity contribution in [2.75, 3.05) is 31.7 Å². The molecule has 114 valence electrons. The Hall–Kier alpha value is -1.36. The molecule has 5 nitrogen and oxygen atoms in total. The first-order chi connectivity index (χ1) is 9.09. The summed E-state index contributed by atoms with van der Waals surface area (Å²) in [5.74, 6) is 2.60. The molecule has 0 bridgehead atoms. The Morgan fingerprint density at radius 1 is 1.25 bits per heavy atom. The van der Waals surface area contributed by atoms with Crippen LogP contribution in [0.4, 0.5) is 11.6 Å². The molecular weight excluding hydrogens is 250 g/mol. The molecule has 0 aliphatic carbocycles. The molecule has 0 spiro atoms. The molecule has 0 radical (unpaired) electrons. The van der Waals surface area contributed by atoms with Crippen LogP contribution in [0.2, 0.25) is 0 Å². The summed E-state index contributed by atoms with van der Waals surface area (Å²) in [7, 11) is 4.15. The first-order valence-corrected chi connectivity index (χ1v) is 7.16. The molecule has 0 aromatic carbocycles. The number of nitrogens with two attached hydrogens (primary N) is 1. The van der Waals surface area contributed by atoms with Gasteiger partial charge in [0.15, 0.2) is 0 Å². The highest BCUT2D eigenvalue weighted by Crippen LogP contribution is 2.22. The SMILES string of the molecule is CC(C)C(CN(C)C)Nc1cc(N)nc(C(C)(C)C)n1.